The quantitative estimate of drug-likeness (QED) is 0.0774. The lowest BCUT2D eigenvalue weighted by atomic mass is 9.69. The highest BCUT2D eigenvalue weighted by Gasteiger charge is 2.36. The van der Waals surface area contributed by atoms with Gasteiger partial charge in [0.1, 0.15) is 6.54 Å². The number of pyridine rings is 1. The number of oxazole rings is 1. The van der Waals surface area contributed by atoms with Crippen molar-refractivity contribution in [3.63, 3.8) is 0 Å². The fourth-order valence-corrected chi connectivity index (χ4v) is 6.44. The minimum atomic E-state index is -0.751. The number of nitrogens with zero attached hydrogens (tertiary/aromatic N) is 5. The van der Waals surface area contributed by atoms with Crippen LogP contribution in [0.1, 0.15) is 43.5 Å². The third-order valence-electron chi connectivity index (χ3n) is 9.78. The maximum absolute atomic E-state index is 12.0. The number of nitro groups is 1. The van der Waals surface area contributed by atoms with Gasteiger partial charge in [-0.2, -0.15) is 5.26 Å². The van der Waals surface area contributed by atoms with Crippen molar-refractivity contribution in [1.29, 1.82) is 5.26 Å². The number of non-ortho nitro benzene ring substituents is 1. The number of hydrogen-bond acceptors (Lipinski definition) is 12. The van der Waals surface area contributed by atoms with Crippen molar-refractivity contribution >= 4 is 22.7 Å². The molecular weight excluding hydrogens is 732 g/mol. The predicted octanol–water partition coefficient (Wildman–Crippen LogP) is 6.31. The zero-order chi connectivity index (χ0) is 41.5. The van der Waals surface area contributed by atoms with Crippen molar-refractivity contribution in [2.75, 3.05) is 48.6 Å². The van der Waals surface area contributed by atoms with E-state index in [1.165, 1.54) is 17.7 Å². The Balaban J connectivity index is 0.000000265. The van der Waals surface area contributed by atoms with E-state index in [-0.39, 0.29) is 30.3 Å². The molecule has 3 aromatic carbocycles. The molecule has 0 saturated carbocycles. The van der Waals surface area contributed by atoms with Crippen molar-refractivity contribution in [2.45, 2.75) is 51.6 Å². The Hall–Kier alpha value is -6.40. The largest absolute Gasteiger partial charge is 0.493 e. The number of hydrogen-bond donors (Lipinski definition) is 1. The summed E-state index contributed by atoms with van der Waals surface area (Å²) in [6, 6.07) is 23.6. The summed E-state index contributed by atoms with van der Waals surface area (Å²) in [5.74, 6) is 1.84. The van der Waals surface area contributed by atoms with Crippen molar-refractivity contribution in [3.05, 3.63) is 116 Å². The summed E-state index contributed by atoms with van der Waals surface area (Å²) in [5, 5.41) is 23.6. The van der Waals surface area contributed by atoms with Crippen LogP contribution in [-0.4, -0.2) is 73.9 Å². The Bertz CT molecular complexity index is 2210. The van der Waals surface area contributed by atoms with Crippen LogP contribution >= 0.6 is 0 Å². The van der Waals surface area contributed by atoms with E-state index in [4.69, 9.17) is 23.4 Å². The molecule has 0 radical (unpaired) electrons. The van der Waals surface area contributed by atoms with Gasteiger partial charge < -0.3 is 33.6 Å². The van der Waals surface area contributed by atoms with E-state index >= 15 is 0 Å². The summed E-state index contributed by atoms with van der Waals surface area (Å²) in [5.41, 5.74) is 2.48. The maximum atomic E-state index is 12.0. The summed E-state index contributed by atoms with van der Waals surface area (Å²) in [7, 11) is 8.67. The molecule has 1 amide bonds. The molecule has 0 aliphatic carbocycles. The molecule has 15 nitrogen and oxygen atoms in total. The number of benzene rings is 3. The average molecular weight is 783 g/mol. The summed E-state index contributed by atoms with van der Waals surface area (Å²) in [4.78, 5) is 40.4. The van der Waals surface area contributed by atoms with E-state index in [9.17, 15) is 25.0 Å². The van der Waals surface area contributed by atoms with E-state index in [0.717, 1.165) is 60.0 Å². The van der Waals surface area contributed by atoms with Crippen molar-refractivity contribution < 1.29 is 33.1 Å². The van der Waals surface area contributed by atoms with Gasteiger partial charge in [0.2, 0.25) is 5.91 Å². The van der Waals surface area contributed by atoms with E-state index in [1.807, 2.05) is 30.3 Å². The van der Waals surface area contributed by atoms with Crippen LogP contribution in [0, 0.1) is 27.4 Å². The van der Waals surface area contributed by atoms with E-state index in [0.29, 0.717) is 22.7 Å². The van der Waals surface area contributed by atoms with Crippen LogP contribution in [0.15, 0.2) is 88.2 Å². The van der Waals surface area contributed by atoms with Crippen LogP contribution in [0.2, 0.25) is 0 Å². The lowest BCUT2D eigenvalue weighted by Crippen LogP contribution is -2.32. The van der Waals surface area contributed by atoms with Crippen LogP contribution in [0.4, 0.5) is 5.69 Å². The first-order valence-electron chi connectivity index (χ1n) is 18.4. The molecule has 57 heavy (non-hydrogen) atoms. The molecule has 0 spiro atoms. The molecular formula is C42H50N6O9. The molecule has 302 valence electrons. The number of carbonyl (C=O) groups excluding carboxylic acids is 1. The van der Waals surface area contributed by atoms with Gasteiger partial charge in [0.05, 0.1) is 68.7 Å². The van der Waals surface area contributed by atoms with Crippen LogP contribution in [0.3, 0.4) is 0 Å². The second-order valence-corrected chi connectivity index (χ2v) is 13.6. The van der Waals surface area contributed by atoms with E-state index in [1.54, 1.807) is 52.8 Å². The molecule has 0 fully saturated rings. The van der Waals surface area contributed by atoms with Gasteiger partial charge in [0.15, 0.2) is 28.6 Å². The number of rotatable bonds is 18. The van der Waals surface area contributed by atoms with Gasteiger partial charge in [-0.1, -0.05) is 32.0 Å². The normalized spacial score (nSPS) is 11.9. The lowest BCUT2D eigenvalue weighted by Gasteiger charge is -2.32. The van der Waals surface area contributed by atoms with Crippen LogP contribution in [0.5, 0.6) is 23.0 Å². The molecule has 0 aliphatic rings. The molecule has 1 atom stereocenters. The first-order valence-corrected chi connectivity index (χ1v) is 18.4. The zero-order valence-electron chi connectivity index (χ0n) is 33.4. The summed E-state index contributed by atoms with van der Waals surface area (Å²) >= 11 is 0. The molecule has 0 aliphatic heterocycles. The Morgan fingerprint density at radius 2 is 1.65 bits per heavy atom. The summed E-state index contributed by atoms with van der Waals surface area (Å²) in [6.07, 6.45) is 4.22. The standard InChI is InChI=1S/C27H38N2O4.C15H12N4O5/c1-20(2)27(19-28,22-10-12-24(31-5)26(18-22)33-7)14-8-15-29(3)16-13-21-9-11-23(30-4)25(17-21)32-6;20-14(17-8-10-3-1-2-6-16-10)9-18-12-5-4-11(19(22)23)7-13(12)24-15(18)21/h9-12,17-18,20H,8,13-16H2,1-7H3;1-7H,8-9H2,(H,17,20). The predicted molar refractivity (Wildman–Crippen MR) is 215 cm³/mol. The second kappa shape index (κ2) is 20.5. The van der Waals surface area contributed by atoms with Gasteiger partial charge in [-0.3, -0.25) is 24.5 Å². The fraction of sp³-hybridized carbons (Fsp3) is 0.381. The average Bonchev–Trinajstić information content (AvgIpc) is 3.54. The van der Waals surface area contributed by atoms with Crippen molar-refractivity contribution in [3.8, 4) is 29.1 Å². The minimum Gasteiger partial charge on any atom is -0.493 e. The third-order valence-corrected chi connectivity index (χ3v) is 9.78. The Morgan fingerprint density at radius 1 is 0.965 bits per heavy atom. The Kier molecular flexibility index (Phi) is 15.6. The van der Waals surface area contributed by atoms with Gasteiger partial charge in [-0.05, 0) is 92.4 Å². The zero-order valence-corrected chi connectivity index (χ0v) is 33.4. The smallest absolute Gasteiger partial charge is 0.420 e. The first kappa shape index (κ1) is 43.3. The first-order chi connectivity index (χ1) is 27.4. The van der Waals surface area contributed by atoms with Crippen molar-refractivity contribution in [1.82, 2.24) is 19.8 Å². The molecule has 2 heterocycles. The highest BCUT2D eigenvalue weighted by molar-refractivity contribution is 5.80. The number of likely N-dealkylation sites (N-methyl/N-ethyl adjacent to an activating group) is 1. The van der Waals surface area contributed by atoms with Gasteiger partial charge in [-0.25, -0.2) is 4.79 Å². The number of amides is 1. The molecule has 2 aromatic heterocycles. The van der Waals surface area contributed by atoms with E-state index in [2.05, 4.69) is 48.2 Å². The van der Waals surface area contributed by atoms with Crippen LogP contribution < -0.4 is 30.0 Å². The molecule has 1 N–H and O–H groups in total. The number of methoxy groups -OCH3 is 4. The molecule has 5 aromatic rings. The van der Waals surface area contributed by atoms with Gasteiger partial charge >= 0.3 is 5.76 Å². The monoisotopic (exact) mass is 782 g/mol. The highest BCUT2D eigenvalue weighted by atomic mass is 16.6. The minimum absolute atomic E-state index is 0.0618. The molecule has 15 heteroatoms. The van der Waals surface area contributed by atoms with Gasteiger partial charge in [-0.15, -0.1) is 0 Å². The number of nitro benzene ring substituents is 1. The van der Waals surface area contributed by atoms with Gasteiger partial charge in [0.25, 0.3) is 5.69 Å². The summed E-state index contributed by atoms with van der Waals surface area (Å²) < 4.78 is 27.7. The highest BCUT2D eigenvalue weighted by Crippen LogP contribution is 2.40. The van der Waals surface area contributed by atoms with E-state index < -0.39 is 22.0 Å². The number of nitrogens with one attached hydrogen (secondary N) is 1. The summed E-state index contributed by atoms with van der Waals surface area (Å²) in [6.45, 7) is 6.04. The van der Waals surface area contributed by atoms with Crippen LogP contribution in [0.25, 0.3) is 11.1 Å². The SMILES string of the molecule is COc1ccc(CCN(C)CCCC(C#N)(c2ccc(OC)c(OC)c2)C(C)C)cc1OC.O=C(Cn1c(=O)oc2cc([N+](=O)[O-])ccc21)NCc1ccccn1. The molecule has 1 unspecified atom stereocenters. The molecule has 0 bridgehead atoms. The number of fused-ring (bicyclic) bond motifs is 1. The fourth-order valence-electron chi connectivity index (χ4n) is 6.44. The van der Waals surface area contributed by atoms with Gasteiger partial charge in [0, 0.05) is 18.8 Å². The number of aromatic nitrogens is 2. The molecule has 0 saturated heterocycles. The van der Waals surface area contributed by atoms with Crippen molar-refractivity contribution in [2.24, 2.45) is 5.92 Å². The molecule has 5 rings (SSSR count). The lowest BCUT2D eigenvalue weighted by molar-refractivity contribution is -0.384. The number of carbonyl (C=O) groups is 1. The van der Waals surface area contributed by atoms with Crippen LogP contribution in [-0.2, 0) is 29.7 Å². The Labute approximate surface area is 331 Å². The third kappa shape index (κ3) is 11.1. The maximum Gasteiger partial charge on any atom is 0.420 e. The number of nitriles is 1. The Morgan fingerprint density at radius 3 is 2.26 bits per heavy atom. The topological polar surface area (TPSA) is 184 Å². The number of ether oxygens (including phenoxy) is 4. The second-order valence-electron chi connectivity index (χ2n) is 13.6.